The second-order valence-electron chi connectivity index (χ2n) is 10.2. The van der Waals surface area contributed by atoms with Crippen molar-refractivity contribution in [1.82, 2.24) is 10.2 Å². The molecule has 5 rings (SSSR count). The molecule has 3 heteroatoms. The summed E-state index contributed by atoms with van der Waals surface area (Å²) in [6.45, 7) is 5.31. The Morgan fingerprint density at radius 2 is 1.61 bits per heavy atom. The number of carbonyl (C=O) groups excluding carboxylic acids is 1. The Morgan fingerprint density at radius 3 is 2.26 bits per heavy atom. The molecule has 2 aliphatic heterocycles. The van der Waals surface area contributed by atoms with Crippen LogP contribution in [-0.2, 0) is 0 Å². The molecule has 2 heterocycles. The van der Waals surface area contributed by atoms with Gasteiger partial charge in [0.2, 0.25) is 0 Å². The van der Waals surface area contributed by atoms with Gasteiger partial charge in [0.1, 0.15) is 0 Å². The van der Waals surface area contributed by atoms with Crippen molar-refractivity contribution in [3.05, 3.63) is 70.8 Å². The number of nitrogens with one attached hydrogen (secondary N) is 1. The van der Waals surface area contributed by atoms with Crippen LogP contribution in [0.4, 0.5) is 0 Å². The van der Waals surface area contributed by atoms with Gasteiger partial charge in [0.25, 0.3) is 5.91 Å². The number of rotatable bonds is 6. The van der Waals surface area contributed by atoms with E-state index in [1.807, 2.05) is 32.0 Å². The van der Waals surface area contributed by atoms with Gasteiger partial charge >= 0.3 is 0 Å². The van der Waals surface area contributed by atoms with Crippen LogP contribution in [0.5, 0.6) is 0 Å². The first kappa shape index (κ1) is 20.8. The Bertz CT molecular complexity index is 903. The Balaban J connectivity index is 1.50. The summed E-state index contributed by atoms with van der Waals surface area (Å²) in [5.74, 6) is 0.916. The summed E-state index contributed by atoms with van der Waals surface area (Å²) in [4.78, 5) is 16.5. The van der Waals surface area contributed by atoms with Crippen LogP contribution in [0.1, 0.15) is 84.5 Å². The zero-order valence-electron chi connectivity index (χ0n) is 19.1. The van der Waals surface area contributed by atoms with E-state index in [2.05, 4.69) is 40.5 Å². The highest BCUT2D eigenvalue weighted by molar-refractivity contribution is 5.97. The molecule has 164 valence electrons. The maximum Gasteiger partial charge on any atom is 0.252 e. The second kappa shape index (κ2) is 8.43. The standard InChI is InChI=1S/C28H36N2O/c1-20-9-8-10-21(2)25(20)27(31)29-26(23-13-4-3-5-14-23)28-17-15-24(16-18-28)30(28)19-22-11-6-7-12-22/h3-5,8-10,13-14,22,24,26H,6-7,11-12,15-19H2,1-2H3,(H,29,31). The molecule has 1 saturated carbocycles. The lowest BCUT2D eigenvalue weighted by Crippen LogP contribution is -2.53. The lowest BCUT2D eigenvalue weighted by atomic mass is 9.78. The van der Waals surface area contributed by atoms with Crippen LogP contribution >= 0.6 is 0 Å². The highest BCUT2D eigenvalue weighted by Crippen LogP contribution is 2.53. The first-order valence-corrected chi connectivity index (χ1v) is 12.3. The number of hydrogen-bond acceptors (Lipinski definition) is 2. The van der Waals surface area contributed by atoms with Crippen molar-refractivity contribution in [2.45, 2.75) is 82.8 Å². The molecule has 2 aromatic carbocycles. The summed E-state index contributed by atoms with van der Waals surface area (Å²) >= 11 is 0. The van der Waals surface area contributed by atoms with E-state index in [0.29, 0.717) is 6.04 Å². The van der Waals surface area contributed by atoms with Gasteiger partial charge in [-0.1, -0.05) is 61.4 Å². The summed E-state index contributed by atoms with van der Waals surface area (Å²) in [5.41, 5.74) is 4.26. The largest absolute Gasteiger partial charge is 0.343 e. The van der Waals surface area contributed by atoms with E-state index >= 15 is 0 Å². The molecule has 0 aromatic heterocycles. The van der Waals surface area contributed by atoms with Crippen LogP contribution in [0, 0.1) is 19.8 Å². The van der Waals surface area contributed by atoms with E-state index in [0.717, 1.165) is 22.6 Å². The molecule has 2 saturated heterocycles. The van der Waals surface area contributed by atoms with E-state index in [9.17, 15) is 4.79 Å². The Morgan fingerprint density at radius 1 is 0.968 bits per heavy atom. The average Bonchev–Trinajstić information content (AvgIpc) is 3.50. The molecule has 1 amide bonds. The van der Waals surface area contributed by atoms with Crippen LogP contribution in [0.25, 0.3) is 0 Å². The number of fused-ring (bicyclic) bond motifs is 2. The van der Waals surface area contributed by atoms with Crippen molar-refractivity contribution >= 4 is 5.91 Å². The van der Waals surface area contributed by atoms with E-state index in [-0.39, 0.29) is 17.5 Å². The van der Waals surface area contributed by atoms with Gasteiger partial charge in [0.15, 0.2) is 0 Å². The number of benzene rings is 2. The lowest BCUT2D eigenvalue weighted by Gasteiger charge is -2.43. The van der Waals surface area contributed by atoms with Crippen molar-refractivity contribution in [2.75, 3.05) is 6.54 Å². The predicted octanol–water partition coefficient (Wildman–Crippen LogP) is 5.96. The van der Waals surface area contributed by atoms with Crippen LogP contribution < -0.4 is 5.32 Å². The van der Waals surface area contributed by atoms with E-state index in [1.54, 1.807) is 0 Å². The molecular weight excluding hydrogens is 380 g/mol. The minimum Gasteiger partial charge on any atom is -0.343 e. The van der Waals surface area contributed by atoms with Gasteiger partial charge in [0, 0.05) is 23.7 Å². The maximum atomic E-state index is 13.6. The smallest absolute Gasteiger partial charge is 0.252 e. The Kier molecular flexibility index (Phi) is 5.64. The highest BCUT2D eigenvalue weighted by Gasteiger charge is 2.56. The number of amides is 1. The molecule has 1 atom stereocenters. The molecule has 3 aliphatic rings. The third kappa shape index (κ3) is 3.71. The van der Waals surface area contributed by atoms with Crippen LogP contribution in [0.2, 0.25) is 0 Å². The van der Waals surface area contributed by atoms with Crippen molar-refractivity contribution in [3.8, 4) is 0 Å². The molecule has 1 aliphatic carbocycles. The van der Waals surface area contributed by atoms with Crippen molar-refractivity contribution in [2.24, 2.45) is 5.92 Å². The number of hydrogen-bond donors (Lipinski definition) is 1. The number of nitrogens with zero attached hydrogens (tertiary/aromatic N) is 1. The van der Waals surface area contributed by atoms with Gasteiger partial charge < -0.3 is 5.32 Å². The first-order chi connectivity index (χ1) is 15.1. The third-order valence-corrected chi connectivity index (χ3v) is 8.42. The summed E-state index contributed by atoms with van der Waals surface area (Å²) < 4.78 is 0. The molecular formula is C28H36N2O. The molecule has 1 N–H and O–H groups in total. The van der Waals surface area contributed by atoms with Gasteiger partial charge in [-0.15, -0.1) is 0 Å². The first-order valence-electron chi connectivity index (χ1n) is 12.3. The summed E-state index contributed by atoms with van der Waals surface area (Å²) in [7, 11) is 0. The molecule has 3 nitrogen and oxygen atoms in total. The minimum atomic E-state index is 0.0362. The second-order valence-corrected chi connectivity index (χ2v) is 10.2. The molecule has 2 bridgehead atoms. The maximum absolute atomic E-state index is 13.6. The normalized spacial score (nSPS) is 27.0. The molecule has 0 spiro atoms. The fourth-order valence-corrected chi connectivity index (χ4v) is 6.87. The topological polar surface area (TPSA) is 32.3 Å². The fourth-order valence-electron chi connectivity index (χ4n) is 6.87. The van der Waals surface area contributed by atoms with Gasteiger partial charge in [-0.2, -0.15) is 0 Å². The van der Waals surface area contributed by atoms with Crippen molar-refractivity contribution < 1.29 is 4.79 Å². The molecule has 0 radical (unpaired) electrons. The number of aryl methyl sites for hydroxylation is 2. The van der Waals surface area contributed by atoms with Crippen molar-refractivity contribution in [1.29, 1.82) is 0 Å². The third-order valence-electron chi connectivity index (χ3n) is 8.42. The Labute approximate surface area is 187 Å². The van der Waals surface area contributed by atoms with Crippen LogP contribution in [0.15, 0.2) is 48.5 Å². The van der Waals surface area contributed by atoms with Gasteiger partial charge in [-0.25, -0.2) is 0 Å². The molecule has 2 aromatic rings. The van der Waals surface area contributed by atoms with Crippen LogP contribution in [0.3, 0.4) is 0 Å². The SMILES string of the molecule is Cc1cccc(C)c1C(=O)NC(c1ccccc1)C12CCC(CC1)N2CC1CCCC1. The summed E-state index contributed by atoms with van der Waals surface area (Å²) in [5, 5.41) is 3.57. The summed E-state index contributed by atoms with van der Waals surface area (Å²) in [6, 6.07) is 17.6. The number of carbonyl (C=O) groups is 1. The fraction of sp³-hybridized carbons (Fsp3) is 0.536. The monoisotopic (exact) mass is 416 g/mol. The van der Waals surface area contributed by atoms with Crippen molar-refractivity contribution in [3.63, 3.8) is 0 Å². The lowest BCUT2D eigenvalue weighted by molar-refractivity contribution is 0.0724. The Hall–Kier alpha value is -2.13. The summed E-state index contributed by atoms with van der Waals surface area (Å²) in [6.07, 6.45) is 10.5. The zero-order chi connectivity index (χ0) is 21.4. The van der Waals surface area contributed by atoms with E-state index in [1.165, 1.54) is 63.5 Å². The van der Waals surface area contributed by atoms with Gasteiger partial charge in [-0.05, 0) is 75.0 Å². The molecule has 31 heavy (non-hydrogen) atoms. The predicted molar refractivity (Wildman–Crippen MR) is 126 cm³/mol. The zero-order valence-corrected chi connectivity index (χ0v) is 19.1. The molecule has 1 unspecified atom stereocenters. The molecule has 3 fully saturated rings. The minimum absolute atomic E-state index is 0.0362. The van der Waals surface area contributed by atoms with Crippen LogP contribution in [-0.4, -0.2) is 28.9 Å². The van der Waals surface area contributed by atoms with Gasteiger partial charge in [0.05, 0.1) is 6.04 Å². The van der Waals surface area contributed by atoms with Gasteiger partial charge in [-0.3, -0.25) is 9.69 Å². The van der Waals surface area contributed by atoms with E-state index < -0.39 is 0 Å². The average molecular weight is 417 g/mol. The quantitative estimate of drug-likeness (QED) is 0.630. The van der Waals surface area contributed by atoms with E-state index in [4.69, 9.17) is 0 Å². The highest BCUT2D eigenvalue weighted by atomic mass is 16.1.